The molecule has 1 fully saturated rings. The van der Waals surface area contributed by atoms with Crippen molar-refractivity contribution in [3.05, 3.63) is 70.4 Å². The van der Waals surface area contributed by atoms with Crippen LogP contribution in [0.5, 0.6) is 5.75 Å². The van der Waals surface area contributed by atoms with Gasteiger partial charge in [-0.15, -0.1) is 11.3 Å². The molecular weight excluding hydrogens is 447 g/mol. The van der Waals surface area contributed by atoms with Crippen LogP contribution < -0.4 is 15.4 Å². The molecule has 8 nitrogen and oxygen atoms in total. The third kappa shape index (κ3) is 6.82. The van der Waals surface area contributed by atoms with Gasteiger partial charge < -0.3 is 20.1 Å². The SMILES string of the molecule is O=C(CN1CCOCC1)Nc1ccc(NC(=O)c2csc(COc3ccc(F)cc3)n2)cc1. The van der Waals surface area contributed by atoms with Crippen LogP contribution in [0.1, 0.15) is 15.5 Å². The van der Waals surface area contributed by atoms with Gasteiger partial charge >= 0.3 is 0 Å². The highest BCUT2D eigenvalue weighted by atomic mass is 32.1. The van der Waals surface area contributed by atoms with E-state index < -0.39 is 0 Å². The molecule has 172 valence electrons. The summed E-state index contributed by atoms with van der Waals surface area (Å²) < 4.78 is 23.8. The van der Waals surface area contributed by atoms with E-state index in [4.69, 9.17) is 9.47 Å². The molecule has 1 aliphatic rings. The van der Waals surface area contributed by atoms with Gasteiger partial charge in [0.05, 0.1) is 19.8 Å². The smallest absolute Gasteiger partial charge is 0.275 e. The lowest BCUT2D eigenvalue weighted by atomic mass is 10.2. The van der Waals surface area contributed by atoms with E-state index in [1.54, 1.807) is 29.6 Å². The summed E-state index contributed by atoms with van der Waals surface area (Å²) in [7, 11) is 0. The summed E-state index contributed by atoms with van der Waals surface area (Å²) in [6.07, 6.45) is 0. The zero-order chi connectivity index (χ0) is 23.0. The molecule has 2 amide bonds. The number of nitrogens with one attached hydrogen (secondary N) is 2. The summed E-state index contributed by atoms with van der Waals surface area (Å²) in [5.41, 5.74) is 1.52. The van der Waals surface area contributed by atoms with Gasteiger partial charge in [-0.25, -0.2) is 9.37 Å². The first-order chi connectivity index (χ1) is 16.0. The average Bonchev–Trinajstić information content (AvgIpc) is 3.30. The second-order valence-corrected chi connectivity index (χ2v) is 8.28. The number of benzene rings is 2. The number of amides is 2. The number of aromatic nitrogens is 1. The number of carbonyl (C=O) groups excluding carboxylic acids is 2. The maximum atomic E-state index is 13.0. The fourth-order valence-electron chi connectivity index (χ4n) is 3.15. The van der Waals surface area contributed by atoms with Gasteiger partial charge in [-0.2, -0.15) is 0 Å². The average molecular weight is 471 g/mol. The van der Waals surface area contributed by atoms with Gasteiger partial charge in [-0.1, -0.05) is 0 Å². The highest BCUT2D eigenvalue weighted by molar-refractivity contribution is 7.09. The molecule has 33 heavy (non-hydrogen) atoms. The minimum absolute atomic E-state index is 0.0912. The van der Waals surface area contributed by atoms with Crippen LogP contribution in [0.15, 0.2) is 53.9 Å². The Morgan fingerprint density at radius 2 is 1.70 bits per heavy atom. The Bertz CT molecular complexity index is 1080. The van der Waals surface area contributed by atoms with Crippen molar-refractivity contribution in [3.63, 3.8) is 0 Å². The largest absolute Gasteiger partial charge is 0.486 e. The Labute approximate surface area is 194 Å². The number of hydrogen-bond acceptors (Lipinski definition) is 7. The Hall–Kier alpha value is -3.34. The number of thiazole rings is 1. The molecular formula is C23H23FN4O4S. The van der Waals surface area contributed by atoms with E-state index in [9.17, 15) is 14.0 Å². The second kappa shape index (κ2) is 11.0. The summed E-state index contributed by atoms with van der Waals surface area (Å²) in [6.45, 7) is 3.28. The normalized spacial score (nSPS) is 14.0. The molecule has 1 aliphatic heterocycles. The van der Waals surface area contributed by atoms with Gasteiger partial charge in [-0.3, -0.25) is 14.5 Å². The van der Waals surface area contributed by atoms with Crippen LogP contribution in [0, 0.1) is 5.82 Å². The lowest BCUT2D eigenvalue weighted by Crippen LogP contribution is -2.41. The van der Waals surface area contributed by atoms with Crippen LogP contribution in [0.2, 0.25) is 0 Å². The molecule has 4 rings (SSSR count). The molecule has 0 saturated carbocycles. The van der Waals surface area contributed by atoms with E-state index in [-0.39, 0.29) is 29.9 Å². The van der Waals surface area contributed by atoms with E-state index in [1.165, 1.54) is 35.6 Å². The molecule has 0 radical (unpaired) electrons. The zero-order valence-corrected chi connectivity index (χ0v) is 18.6. The summed E-state index contributed by atoms with van der Waals surface area (Å²) in [5, 5.41) is 7.92. The van der Waals surface area contributed by atoms with Gasteiger partial charge in [0.15, 0.2) is 0 Å². The summed E-state index contributed by atoms with van der Waals surface area (Å²) >= 11 is 1.30. The summed E-state index contributed by atoms with van der Waals surface area (Å²) in [5.74, 6) is -0.247. The molecule has 10 heteroatoms. The van der Waals surface area contributed by atoms with Crippen molar-refractivity contribution in [2.45, 2.75) is 6.61 Å². The Morgan fingerprint density at radius 3 is 2.39 bits per heavy atom. The van der Waals surface area contributed by atoms with Crippen molar-refractivity contribution in [1.82, 2.24) is 9.88 Å². The Balaban J connectivity index is 1.25. The van der Waals surface area contributed by atoms with E-state index in [0.717, 1.165) is 13.1 Å². The standard InChI is InChI=1S/C23H23FN4O4S/c24-16-1-7-19(8-2-16)32-14-22-27-20(15-33-22)23(30)26-18-5-3-17(4-6-18)25-21(29)13-28-9-11-31-12-10-28/h1-8,15H,9-14H2,(H,25,29)(H,26,30). The van der Waals surface area contributed by atoms with E-state index in [2.05, 4.69) is 15.6 Å². The summed E-state index contributed by atoms with van der Waals surface area (Å²) in [4.78, 5) is 31.0. The van der Waals surface area contributed by atoms with Crippen molar-refractivity contribution in [2.75, 3.05) is 43.5 Å². The topological polar surface area (TPSA) is 92.8 Å². The minimum atomic E-state index is -0.344. The maximum absolute atomic E-state index is 13.0. The first kappa shape index (κ1) is 22.8. The number of hydrogen-bond donors (Lipinski definition) is 2. The predicted octanol–water partition coefficient (Wildman–Crippen LogP) is 3.38. The van der Waals surface area contributed by atoms with Gasteiger partial charge in [0.25, 0.3) is 5.91 Å². The minimum Gasteiger partial charge on any atom is -0.486 e. The molecule has 0 unspecified atom stereocenters. The molecule has 0 atom stereocenters. The molecule has 2 aromatic carbocycles. The van der Waals surface area contributed by atoms with E-state index >= 15 is 0 Å². The lowest BCUT2D eigenvalue weighted by molar-refractivity contribution is -0.118. The first-order valence-corrected chi connectivity index (χ1v) is 11.3. The predicted molar refractivity (Wildman–Crippen MR) is 123 cm³/mol. The zero-order valence-electron chi connectivity index (χ0n) is 17.8. The number of ether oxygens (including phenoxy) is 2. The van der Waals surface area contributed by atoms with Crippen LogP contribution in [0.4, 0.5) is 15.8 Å². The number of nitrogens with zero attached hydrogens (tertiary/aromatic N) is 2. The van der Waals surface area contributed by atoms with Crippen molar-refractivity contribution in [1.29, 1.82) is 0 Å². The highest BCUT2D eigenvalue weighted by Crippen LogP contribution is 2.18. The van der Waals surface area contributed by atoms with Gasteiger partial charge in [-0.05, 0) is 48.5 Å². The second-order valence-electron chi connectivity index (χ2n) is 7.34. The maximum Gasteiger partial charge on any atom is 0.275 e. The Kier molecular flexibility index (Phi) is 7.61. The third-order valence-electron chi connectivity index (χ3n) is 4.86. The molecule has 3 aromatic rings. The van der Waals surface area contributed by atoms with Gasteiger partial charge in [0.2, 0.25) is 5.91 Å². The third-order valence-corrected chi connectivity index (χ3v) is 5.68. The molecule has 0 bridgehead atoms. The van der Waals surface area contributed by atoms with E-state index in [1.807, 2.05) is 4.90 Å². The number of halogens is 1. The Morgan fingerprint density at radius 1 is 1.03 bits per heavy atom. The van der Waals surface area contributed by atoms with E-state index in [0.29, 0.717) is 41.9 Å². The van der Waals surface area contributed by atoms with Crippen LogP contribution >= 0.6 is 11.3 Å². The molecule has 2 heterocycles. The number of carbonyl (C=O) groups is 2. The number of anilines is 2. The van der Waals surface area contributed by atoms with Crippen LogP contribution in [-0.2, 0) is 16.1 Å². The van der Waals surface area contributed by atoms with Gasteiger partial charge in [0, 0.05) is 29.8 Å². The van der Waals surface area contributed by atoms with Crippen molar-refractivity contribution in [3.8, 4) is 5.75 Å². The van der Waals surface area contributed by atoms with Gasteiger partial charge in [0.1, 0.15) is 28.9 Å². The molecule has 1 aromatic heterocycles. The molecule has 1 saturated heterocycles. The summed E-state index contributed by atoms with van der Waals surface area (Å²) in [6, 6.07) is 12.6. The monoisotopic (exact) mass is 470 g/mol. The van der Waals surface area contributed by atoms with Crippen LogP contribution in [0.3, 0.4) is 0 Å². The van der Waals surface area contributed by atoms with Crippen LogP contribution in [0.25, 0.3) is 0 Å². The fraction of sp³-hybridized carbons (Fsp3) is 0.261. The van der Waals surface area contributed by atoms with Crippen molar-refractivity contribution >= 4 is 34.5 Å². The van der Waals surface area contributed by atoms with Crippen LogP contribution in [-0.4, -0.2) is 54.5 Å². The number of rotatable bonds is 8. The molecule has 0 aliphatic carbocycles. The first-order valence-electron chi connectivity index (χ1n) is 10.4. The van der Waals surface area contributed by atoms with Crippen molar-refractivity contribution < 1.29 is 23.5 Å². The highest BCUT2D eigenvalue weighted by Gasteiger charge is 2.15. The number of morpholine rings is 1. The fourth-order valence-corrected chi connectivity index (χ4v) is 3.84. The quantitative estimate of drug-likeness (QED) is 0.524. The van der Waals surface area contributed by atoms with Crippen molar-refractivity contribution in [2.24, 2.45) is 0 Å². The molecule has 0 spiro atoms. The molecule has 2 N–H and O–H groups in total. The lowest BCUT2D eigenvalue weighted by Gasteiger charge is -2.25.